The standard InChI is InChI=1S/C10H8FNO3.C8H4FNO3/c1-2-14-10(13)9-7-5-6(11)3-4-8(7)15-12-9;9-4-1-2-6-5(3-4)7(8(11)12)10-13-6/h3-5H,2H2,1H3;1-3H,(H,11,12). The third-order valence-corrected chi connectivity index (χ3v) is 3.54. The molecule has 0 atom stereocenters. The van der Waals surface area contributed by atoms with Gasteiger partial charge in [0.2, 0.25) is 0 Å². The lowest BCUT2D eigenvalue weighted by Gasteiger charge is -1.96. The summed E-state index contributed by atoms with van der Waals surface area (Å²) in [7, 11) is 0. The van der Waals surface area contributed by atoms with Crippen molar-refractivity contribution in [2.24, 2.45) is 0 Å². The van der Waals surface area contributed by atoms with Crippen LogP contribution in [0.5, 0.6) is 0 Å². The van der Waals surface area contributed by atoms with Gasteiger partial charge >= 0.3 is 11.9 Å². The van der Waals surface area contributed by atoms with E-state index < -0.39 is 23.6 Å². The van der Waals surface area contributed by atoms with E-state index in [9.17, 15) is 18.4 Å². The van der Waals surface area contributed by atoms with E-state index in [4.69, 9.17) is 14.4 Å². The fourth-order valence-electron chi connectivity index (χ4n) is 2.32. The van der Waals surface area contributed by atoms with Crippen molar-refractivity contribution >= 4 is 33.9 Å². The summed E-state index contributed by atoms with van der Waals surface area (Å²) in [4.78, 5) is 21.9. The van der Waals surface area contributed by atoms with Crippen molar-refractivity contribution < 1.29 is 37.3 Å². The summed E-state index contributed by atoms with van der Waals surface area (Å²) in [6.45, 7) is 1.92. The Morgan fingerprint density at radius 2 is 1.46 bits per heavy atom. The van der Waals surface area contributed by atoms with Crippen molar-refractivity contribution in [3.8, 4) is 0 Å². The van der Waals surface area contributed by atoms with Crippen LogP contribution in [0.4, 0.5) is 8.78 Å². The monoisotopic (exact) mass is 390 g/mol. The van der Waals surface area contributed by atoms with Crippen molar-refractivity contribution in [3.63, 3.8) is 0 Å². The Hall–Kier alpha value is -3.82. The van der Waals surface area contributed by atoms with Crippen molar-refractivity contribution in [1.82, 2.24) is 10.3 Å². The Balaban J connectivity index is 0.000000162. The summed E-state index contributed by atoms with van der Waals surface area (Å²) in [6.07, 6.45) is 0. The second-order valence-corrected chi connectivity index (χ2v) is 5.37. The molecule has 2 aromatic heterocycles. The van der Waals surface area contributed by atoms with Gasteiger partial charge in [-0.25, -0.2) is 18.4 Å². The first-order valence-electron chi connectivity index (χ1n) is 7.91. The molecule has 10 heteroatoms. The number of carboxylic acids is 1. The number of benzene rings is 2. The van der Waals surface area contributed by atoms with Crippen molar-refractivity contribution in [2.75, 3.05) is 6.61 Å². The number of aromatic carboxylic acids is 1. The van der Waals surface area contributed by atoms with Crippen LogP contribution in [0.3, 0.4) is 0 Å². The summed E-state index contributed by atoms with van der Waals surface area (Å²) in [5, 5.41) is 16.0. The van der Waals surface area contributed by atoms with Gasteiger partial charge in [0.1, 0.15) is 11.6 Å². The molecule has 1 N–H and O–H groups in total. The lowest BCUT2D eigenvalue weighted by Crippen LogP contribution is -2.05. The van der Waals surface area contributed by atoms with Gasteiger partial charge < -0.3 is 18.9 Å². The summed E-state index contributed by atoms with van der Waals surface area (Å²) >= 11 is 0. The van der Waals surface area contributed by atoms with Gasteiger partial charge in [-0.1, -0.05) is 10.3 Å². The minimum absolute atomic E-state index is 0.00588. The second kappa shape index (κ2) is 7.82. The molecule has 0 aliphatic carbocycles. The van der Waals surface area contributed by atoms with Crippen LogP contribution in [-0.4, -0.2) is 34.0 Å². The molecule has 0 aliphatic heterocycles. The molecule has 0 bridgehead atoms. The average Bonchev–Trinajstić information content (AvgIpc) is 3.25. The fourth-order valence-corrected chi connectivity index (χ4v) is 2.32. The number of nitrogens with zero attached hydrogens (tertiary/aromatic N) is 2. The van der Waals surface area contributed by atoms with Crippen LogP contribution in [0.15, 0.2) is 45.4 Å². The largest absolute Gasteiger partial charge is 0.476 e. The minimum Gasteiger partial charge on any atom is -0.476 e. The molecule has 0 spiro atoms. The molecule has 28 heavy (non-hydrogen) atoms. The SMILES string of the molecule is CCOC(=O)c1noc2ccc(F)cc12.O=C(O)c1noc2ccc(F)cc12. The molecular weight excluding hydrogens is 378 g/mol. The van der Waals surface area contributed by atoms with E-state index in [0.717, 1.165) is 6.07 Å². The summed E-state index contributed by atoms with van der Waals surface area (Å²) in [6, 6.07) is 7.44. The number of hydrogen-bond donors (Lipinski definition) is 1. The zero-order valence-electron chi connectivity index (χ0n) is 14.3. The van der Waals surface area contributed by atoms with Gasteiger partial charge in [-0.3, -0.25) is 0 Å². The Morgan fingerprint density at radius 3 is 1.96 bits per heavy atom. The Morgan fingerprint density at radius 1 is 0.964 bits per heavy atom. The van der Waals surface area contributed by atoms with Crippen LogP contribution in [0.1, 0.15) is 27.9 Å². The van der Waals surface area contributed by atoms with Crippen molar-refractivity contribution in [3.05, 3.63) is 59.4 Å². The Bertz CT molecular complexity index is 1170. The van der Waals surface area contributed by atoms with E-state index in [1.807, 2.05) is 0 Å². The summed E-state index contributed by atoms with van der Waals surface area (Å²) in [5.41, 5.74) is 0.360. The van der Waals surface area contributed by atoms with E-state index in [1.54, 1.807) is 6.92 Å². The molecule has 0 unspecified atom stereocenters. The zero-order valence-corrected chi connectivity index (χ0v) is 14.3. The molecular formula is C18H12F2N2O6. The molecule has 0 amide bonds. The number of ether oxygens (including phenoxy) is 1. The number of halogens is 2. The predicted octanol–water partition coefficient (Wildman–Crippen LogP) is 3.81. The van der Waals surface area contributed by atoms with Gasteiger partial charge in [0, 0.05) is 0 Å². The lowest BCUT2D eigenvalue weighted by molar-refractivity contribution is 0.0516. The third kappa shape index (κ3) is 3.80. The number of esters is 1. The maximum atomic E-state index is 12.9. The highest BCUT2D eigenvalue weighted by molar-refractivity contribution is 6.01. The first-order chi connectivity index (χ1) is 13.4. The summed E-state index contributed by atoms with van der Waals surface area (Å²) in [5.74, 6) is -2.80. The van der Waals surface area contributed by atoms with Crippen LogP contribution in [0, 0.1) is 11.6 Å². The smallest absolute Gasteiger partial charge is 0.361 e. The van der Waals surface area contributed by atoms with Crippen LogP contribution >= 0.6 is 0 Å². The molecule has 2 heterocycles. The molecule has 4 aromatic rings. The van der Waals surface area contributed by atoms with E-state index in [1.165, 1.54) is 30.3 Å². The van der Waals surface area contributed by atoms with Gasteiger partial charge in [-0.2, -0.15) is 0 Å². The van der Waals surface area contributed by atoms with Gasteiger partial charge in [0.25, 0.3) is 0 Å². The first kappa shape index (κ1) is 19.0. The van der Waals surface area contributed by atoms with Gasteiger partial charge in [-0.15, -0.1) is 0 Å². The molecule has 144 valence electrons. The lowest BCUT2D eigenvalue weighted by atomic mass is 10.2. The van der Waals surface area contributed by atoms with Gasteiger partial charge in [-0.05, 0) is 43.3 Å². The molecule has 0 saturated heterocycles. The number of carbonyl (C=O) groups is 2. The molecule has 0 fully saturated rings. The van der Waals surface area contributed by atoms with Crippen LogP contribution in [-0.2, 0) is 4.74 Å². The number of fused-ring (bicyclic) bond motifs is 2. The highest BCUT2D eigenvalue weighted by atomic mass is 19.1. The highest BCUT2D eigenvalue weighted by Gasteiger charge is 2.17. The second-order valence-electron chi connectivity index (χ2n) is 5.37. The molecule has 2 aromatic carbocycles. The maximum absolute atomic E-state index is 12.9. The zero-order chi connectivity index (χ0) is 20.3. The topological polar surface area (TPSA) is 116 Å². The van der Waals surface area contributed by atoms with E-state index in [-0.39, 0.29) is 29.0 Å². The van der Waals surface area contributed by atoms with E-state index in [2.05, 4.69) is 14.8 Å². The molecule has 8 nitrogen and oxygen atoms in total. The predicted molar refractivity (Wildman–Crippen MR) is 90.8 cm³/mol. The van der Waals surface area contributed by atoms with Crippen LogP contribution in [0.2, 0.25) is 0 Å². The minimum atomic E-state index is -1.23. The quantitative estimate of drug-likeness (QED) is 0.525. The maximum Gasteiger partial charge on any atom is 0.361 e. The highest BCUT2D eigenvalue weighted by Crippen LogP contribution is 2.20. The fraction of sp³-hybridized carbons (Fsp3) is 0.111. The number of aromatic nitrogens is 2. The van der Waals surface area contributed by atoms with Gasteiger partial charge in [0.05, 0.1) is 17.4 Å². The molecule has 4 rings (SSSR count). The molecule has 0 radical (unpaired) electrons. The number of hydrogen-bond acceptors (Lipinski definition) is 7. The third-order valence-electron chi connectivity index (χ3n) is 3.54. The van der Waals surface area contributed by atoms with Crippen molar-refractivity contribution in [1.29, 1.82) is 0 Å². The first-order valence-corrected chi connectivity index (χ1v) is 7.91. The van der Waals surface area contributed by atoms with E-state index >= 15 is 0 Å². The van der Waals surface area contributed by atoms with Crippen LogP contribution in [0.25, 0.3) is 21.9 Å². The Kier molecular flexibility index (Phi) is 5.30. The van der Waals surface area contributed by atoms with Crippen LogP contribution < -0.4 is 0 Å². The Labute approximate surface area is 155 Å². The number of carbonyl (C=O) groups excluding carboxylic acids is 1. The average molecular weight is 390 g/mol. The molecule has 0 aliphatic rings. The number of carboxylic acid groups (broad SMARTS) is 1. The normalized spacial score (nSPS) is 10.5. The molecule has 0 saturated carbocycles. The van der Waals surface area contributed by atoms with E-state index in [0.29, 0.717) is 11.0 Å². The van der Waals surface area contributed by atoms with Gasteiger partial charge in [0.15, 0.2) is 22.6 Å². The van der Waals surface area contributed by atoms with Crippen molar-refractivity contribution in [2.45, 2.75) is 6.92 Å². The number of rotatable bonds is 3. The summed E-state index contributed by atoms with van der Waals surface area (Å²) < 4.78 is 39.9.